The minimum atomic E-state index is -1.75. The molecular formula is H4N2O8Pt. The molecule has 0 heterocycles. The van der Waals surface area contributed by atoms with E-state index in [9.17, 15) is 0 Å². The van der Waals surface area contributed by atoms with Gasteiger partial charge in [-0.15, -0.1) is 0 Å². The predicted molar refractivity (Wildman–Crippen MR) is 28.0 cm³/mol. The maximum atomic E-state index is 8.25. The summed E-state index contributed by atoms with van der Waals surface area (Å²) < 4.78 is 0. The van der Waals surface area contributed by atoms with Crippen molar-refractivity contribution in [1.29, 1.82) is 0 Å². The summed E-state index contributed by atoms with van der Waals surface area (Å²) in [5.74, 6) is 0. The van der Waals surface area contributed by atoms with Crippen LogP contribution in [-0.4, -0.2) is 21.1 Å². The van der Waals surface area contributed by atoms with Crippen molar-refractivity contribution in [2.24, 2.45) is 0 Å². The van der Waals surface area contributed by atoms with E-state index in [2.05, 4.69) is 0 Å². The maximum Gasteiger partial charge on any atom is 2.00 e. The van der Waals surface area contributed by atoms with E-state index in [1.807, 2.05) is 0 Å². The molecule has 0 unspecified atom stereocenters. The quantitative estimate of drug-likeness (QED) is 0.351. The van der Waals surface area contributed by atoms with E-state index in [4.69, 9.17) is 30.6 Å². The molecule has 0 aliphatic rings. The molecule has 0 amide bonds. The molecule has 0 bridgehead atoms. The molecule has 0 saturated heterocycles. The zero-order valence-electron chi connectivity index (χ0n) is 4.66. The maximum absolute atomic E-state index is 8.25. The van der Waals surface area contributed by atoms with Crippen molar-refractivity contribution in [2.75, 3.05) is 0 Å². The van der Waals surface area contributed by atoms with Gasteiger partial charge in [0.25, 0.3) is 0 Å². The van der Waals surface area contributed by atoms with Crippen molar-refractivity contribution in [1.82, 2.24) is 0 Å². The van der Waals surface area contributed by atoms with E-state index >= 15 is 0 Å². The van der Waals surface area contributed by atoms with E-state index in [0.717, 1.165) is 0 Å². The normalized spacial score (nSPS) is 4.36. The first-order valence-corrected chi connectivity index (χ1v) is 1.10. The summed E-state index contributed by atoms with van der Waals surface area (Å²) in [5, 5.41) is 29.5. The standard InChI is InChI=1S/2NO3.2H2O.Pt/c2*2-1(3)4;;;/h;;2*1H2;/q2*-1;;;+2. The Hall–Kier alpha value is -0.992. The van der Waals surface area contributed by atoms with Crippen LogP contribution in [0.15, 0.2) is 0 Å². The molecule has 0 rings (SSSR count). The fourth-order valence-corrected chi connectivity index (χ4v) is 0. The smallest absolute Gasteiger partial charge is 0.412 e. The largest absolute Gasteiger partial charge is 2.00 e. The number of nitrogens with zero attached hydrogens (tertiary/aromatic N) is 2. The fraction of sp³-hybridized carbons (Fsp3) is 0. The fourth-order valence-electron chi connectivity index (χ4n) is 0. The van der Waals surface area contributed by atoms with Crippen LogP contribution in [0.5, 0.6) is 0 Å². The van der Waals surface area contributed by atoms with E-state index < -0.39 is 10.2 Å². The molecule has 0 aliphatic carbocycles. The summed E-state index contributed by atoms with van der Waals surface area (Å²) in [6.07, 6.45) is 0. The zero-order valence-corrected chi connectivity index (χ0v) is 6.93. The van der Waals surface area contributed by atoms with Crippen LogP contribution in [0, 0.1) is 30.6 Å². The van der Waals surface area contributed by atoms with Gasteiger partial charge in [0, 0.05) is 0 Å². The van der Waals surface area contributed by atoms with Crippen LogP contribution < -0.4 is 0 Å². The SMILES string of the molecule is O.O.O=[N+]([O-])[O-].O=[N+]([O-])[O-].[Pt+2]. The Balaban J connectivity index is -0.0000000171. The van der Waals surface area contributed by atoms with Gasteiger partial charge >= 0.3 is 21.1 Å². The molecule has 11 heteroatoms. The second-order valence-electron chi connectivity index (χ2n) is 0.447. The van der Waals surface area contributed by atoms with Gasteiger partial charge in [-0.1, -0.05) is 0 Å². The van der Waals surface area contributed by atoms with Crippen molar-refractivity contribution in [2.45, 2.75) is 0 Å². The second-order valence-corrected chi connectivity index (χ2v) is 0.447. The monoisotopic (exact) mass is 355 g/mol. The van der Waals surface area contributed by atoms with E-state index in [-0.39, 0.29) is 32.0 Å². The van der Waals surface area contributed by atoms with Crippen molar-refractivity contribution < 1.29 is 42.2 Å². The topological polar surface area (TPSA) is 195 Å². The van der Waals surface area contributed by atoms with Gasteiger partial charge in [0.2, 0.25) is 0 Å². The zero-order chi connectivity index (χ0) is 7.15. The summed E-state index contributed by atoms with van der Waals surface area (Å²) in [5.41, 5.74) is 0. The second kappa shape index (κ2) is 23.0. The average Bonchev–Trinajstić information content (AvgIpc) is 1.25. The average molecular weight is 355 g/mol. The summed E-state index contributed by atoms with van der Waals surface area (Å²) in [4.78, 5) is 16.5. The molecule has 0 atom stereocenters. The first-order chi connectivity index (χ1) is 3.46. The first kappa shape index (κ1) is 32.4. The van der Waals surface area contributed by atoms with Crippen molar-refractivity contribution in [3.05, 3.63) is 30.6 Å². The molecule has 0 aliphatic heterocycles. The molecule has 0 aromatic heterocycles. The Labute approximate surface area is 73.5 Å². The molecule has 0 saturated carbocycles. The van der Waals surface area contributed by atoms with Crippen LogP contribution in [-0.2, 0) is 21.1 Å². The van der Waals surface area contributed by atoms with Gasteiger partial charge in [-0.25, -0.2) is 0 Å². The number of rotatable bonds is 0. The molecule has 0 aromatic carbocycles. The summed E-state index contributed by atoms with van der Waals surface area (Å²) in [6, 6.07) is 0. The Morgan fingerprint density at radius 3 is 0.727 bits per heavy atom. The molecule has 0 radical (unpaired) electrons. The minimum absolute atomic E-state index is 0. The Morgan fingerprint density at radius 2 is 0.727 bits per heavy atom. The number of hydrogen-bond acceptors (Lipinski definition) is 6. The molecular weight excluding hydrogens is 351 g/mol. The van der Waals surface area contributed by atoms with Gasteiger partial charge < -0.3 is 41.6 Å². The van der Waals surface area contributed by atoms with Crippen molar-refractivity contribution in [3.8, 4) is 0 Å². The van der Waals surface area contributed by atoms with Gasteiger partial charge in [-0.05, 0) is 0 Å². The van der Waals surface area contributed by atoms with E-state index in [1.54, 1.807) is 0 Å². The van der Waals surface area contributed by atoms with Gasteiger partial charge in [0.15, 0.2) is 0 Å². The third kappa shape index (κ3) is 450. The molecule has 0 aromatic rings. The molecule has 11 heavy (non-hydrogen) atoms. The van der Waals surface area contributed by atoms with Crippen molar-refractivity contribution in [3.63, 3.8) is 0 Å². The van der Waals surface area contributed by atoms with Crippen LogP contribution in [0.2, 0.25) is 0 Å². The molecule has 4 N–H and O–H groups in total. The molecule has 0 spiro atoms. The molecule has 0 fully saturated rings. The Morgan fingerprint density at radius 1 is 0.727 bits per heavy atom. The van der Waals surface area contributed by atoms with Gasteiger partial charge in [0.1, 0.15) is 0 Å². The molecule has 72 valence electrons. The summed E-state index contributed by atoms with van der Waals surface area (Å²) >= 11 is 0. The summed E-state index contributed by atoms with van der Waals surface area (Å²) in [6.45, 7) is 0. The predicted octanol–water partition coefficient (Wildman–Crippen LogP) is -2.13. The van der Waals surface area contributed by atoms with E-state index in [0.29, 0.717) is 0 Å². The number of hydrogen-bond donors (Lipinski definition) is 0. The van der Waals surface area contributed by atoms with Crippen LogP contribution >= 0.6 is 0 Å². The van der Waals surface area contributed by atoms with Crippen LogP contribution in [0.25, 0.3) is 0 Å². The molecule has 10 nitrogen and oxygen atoms in total. The summed E-state index contributed by atoms with van der Waals surface area (Å²) in [7, 11) is 0. The van der Waals surface area contributed by atoms with Gasteiger partial charge in [0.05, 0.1) is 10.2 Å². The van der Waals surface area contributed by atoms with Gasteiger partial charge in [-0.2, -0.15) is 0 Å². The Bertz CT molecular complexity index is 70.1. The van der Waals surface area contributed by atoms with Gasteiger partial charge in [-0.3, -0.25) is 0 Å². The third-order valence-electron chi connectivity index (χ3n) is 0. The van der Waals surface area contributed by atoms with Crippen LogP contribution in [0.3, 0.4) is 0 Å². The third-order valence-corrected chi connectivity index (χ3v) is 0. The van der Waals surface area contributed by atoms with E-state index in [1.165, 1.54) is 0 Å². The van der Waals surface area contributed by atoms with Crippen LogP contribution in [0.1, 0.15) is 0 Å². The Kier molecular flexibility index (Phi) is 67.8. The first-order valence-electron chi connectivity index (χ1n) is 1.10. The van der Waals surface area contributed by atoms with Crippen LogP contribution in [0.4, 0.5) is 0 Å². The minimum Gasteiger partial charge on any atom is -0.412 e. The van der Waals surface area contributed by atoms with Crippen molar-refractivity contribution >= 4 is 0 Å².